The van der Waals surface area contributed by atoms with Crippen LogP contribution in [-0.4, -0.2) is 37.4 Å². The standard InChI is InChI=1S/C23H30N6/c1-18-6-2-7-19(16-18)20-8-3-9-21(17-20)23(24)26-13-10-22(28-23)25-11-4-14-29-15-5-12-27-29/h2-3,6-10,13,16-17,25,27-28H,4-5,11-12,14-15,24H2,1H3. The van der Waals surface area contributed by atoms with Gasteiger partial charge in [0.15, 0.2) is 0 Å². The van der Waals surface area contributed by atoms with Crippen molar-refractivity contribution in [1.29, 1.82) is 0 Å². The lowest BCUT2D eigenvalue weighted by molar-refractivity contribution is 0.249. The maximum Gasteiger partial charge on any atom is 0.210 e. The van der Waals surface area contributed by atoms with Crippen molar-refractivity contribution in [3.63, 3.8) is 0 Å². The molecule has 2 aliphatic heterocycles. The van der Waals surface area contributed by atoms with E-state index >= 15 is 0 Å². The van der Waals surface area contributed by atoms with Gasteiger partial charge in [0.05, 0.1) is 0 Å². The number of hydrazine groups is 1. The number of allylic oxidation sites excluding steroid dienone is 1. The molecular weight excluding hydrogens is 360 g/mol. The number of hydrogen-bond acceptors (Lipinski definition) is 6. The van der Waals surface area contributed by atoms with Gasteiger partial charge >= 0.3 is 0 Å². The Morgan fingerprint density at radius 3 is 2.79 bits per heavy atom. The molecule has 2 aromatic carbocycles. The Balaban J connectivity index is 1.40. The van der Waals surface area contributed by atoms with E-state index in [0.717, 1.165) is 49.5 Å². The van der Waals surface area contributed by atoms with Gasteiger partial charge in [-0.15, -0.1) is 0 Å². The molecule has 0 saturated carbocycles. The van der Waals surface area contributed by atoms with E-state index in [2.05, 4.69) is 69.4 Å². The molecule has 0 amide bonds. The minimum atomic E-state index is -0.979. The molecule has 0 bridgehead atoms. The van der Waals surface area contributed by atoms with Crippen molar-refractivity contribution in [2.75, 3.05) is 26.2 Å². The molecule has 0 radical (unpaired) electrons. The Hall–Kier alpha value is -2.67. The predicted molar refractivity (Wildman–Crippen MR) is 119 cm³/mol. The molecule has 0 aliphatic carbocycles. The third-order valence-electron chi connectivity index (χ3n) is 5.36. The lowest BCUT2D eigenvalue weighted by Gasteiger charge is -2.32. The number of hydrogen-bond donors (Lipinski definition) is 4. The molecule has 1 unspecified atom stereocenters. The first-order chi connectivity index (χ1) is 14.1. The van der Waals surface area contributed by atoms with Crippen LogP contribution in [0.4, 0.5) is 0 Å². The molecule has 2 heterocycles. The smallest absolute Gasteiger partial charge is 0.210 e. The third kappa shape index (κ3) is 4.85. The number of nitrogens with zero attached hydrogens (tertiary/aromatic N) is 2. The maximum absolute atomic E-state index is 6.64. The van der Waals surface area contributed by atoms with Gasteiger partial charge in [-0.05, 0) is 43.0 Å². The monoisotopic (exact) mass is 390 g/mol. The molecule has 2 aliphatic rings. The summed E-state index contributed by atoms with van der Waals surface area (Å²) >= 11 is 0. The molecule has 0 aromatic heterocycles. The molecule has 6 nitrogen and oxygen atoms in total. The fraction of sp³-hybridized carbons (Fsp3) is 0.348. The van der Waals surface area contributed by atoms with E-state index in [1.807, 2.05) is 18.2 Å². The molecule has 29 heavy (non-hydrogen) atoms. The second-order valence-electron chi connectivity index (χ2n) is 7.73. The quantitative estimate of drug-likeness (QED) is 0.546. The zero-order valence-corrected chi connectivity index (χ0v) is 17.0. The summed E-state index contributed by atoms with van der Waals surface area (Å²) in [6.45, 7) is 6.25. The first kappa shape index (κ1) is 19.6. The van der Waals surface area contributed by atoms with Gasteiger partial charge in [-0.1, -0.05) is 48.0 Å². The van der Waals surface area contributed by atoms with Crippen molar-refractivity contribution in [2.45, 2.75) is 25.6 Å². The van der Waals surface area contributed by atoms with Crippen molar-refractivity contribution in [3.05, 3.63) is 71.6 Å². The molecule has 6 heteroatoms. The third-order valence-corrected chi connectivity index (χ3v) is 5.36. The number of nitrogens with two attached hydrogens (primary N) is 1. The highest BCUT2D eigenvalue weighted by atomic mass is 15.5. The molecule has 1 saturated heterocycles. The second-order valence-corrected chi connectivity index (χ2v) is 7.73. The highest BCUT2D eigenvalue weighted by Crippen LogP contribution is 2.26. The first-order valence-electron chi connectivity index (χ1n) is 10.3. The normalized spacial score (nSPS) is 21.7. The summed E-state index contributed by atoms with van der Waals surface area (Å²) < 4.78 is 0. The van der Waals surface area contributed by atoms with E-state index in [-0.39, 0.29) is 0 Å². The summed E-state index contributed by atoms with van der Waals surface area (Å²) in [5.74, 6) is -0.0780. The number of rotatable bonds is 7. The Bertz CT molecular complexity index is 900. The minimum absolute atomic E-state index is 0.879. The maximum atomic E-state index is 6.64. The van der Waals surface area contributed by atoms with Crippen LogP contribution in [0.3, 0.4) is 0 Å². The van der Waals surface area contributed by atoms with E-state index in [4.69, 9.17) is 5.73 Å². The summed E-state index contributed by atoms with van der Waals surface area (Å²) in [6.07, 6.45) is 6.00. The van der Waals surface area contributed by atoms with E-state index in [0.29, 0.717) is 0 Å². The second kappa shape index (κ2) is 8.78. The van der Waals surface area contributed by atoms with Crippen LogP contribution in [0.15, 0.2) is 65.4 Å². The fourth-order valence-corrected chi connectivity index (χ4v) is 3.79. The van der Waals surface area contributed by atoms with Gasteiger partial charge in [0.25, 0.3) is 0 Å². The van der Waals surface area contributed by atoms with E-state index < -0.39 is 5.79 Å². The SMILES string of the molecule is Cc1cccc(-c2cccc(C3(N)N=CC=C(NCCCN4CCCN4)N3)c2)c1. The lowest BCUT2D eigenvalue weighted by atomic mass is 9.98. The Morgan fingerprint density at radius 1 is 1.17 bits per heavy atom. The average molecular weight is 391 g/mol. The van der Waals surface area contributed by atoms with Crippen LogP contribution in [0.1, 0.15) is 24.0 Å². The van der Waals surface area contributed by atoms with Gasteiger partial charge in [-0.3, -0.25) is 11.2 Å². The van der Waals surface area contributed by atoms with Crippen LogP contribution in [0.2, 0.25) is 0 Å². The first-order valence-corrected chi connectivity index (χ1v) is 10.3. The van der Waals surface area contributed by atoms with E-state index in [1.54, 1.807) is 6.21 Å². The van der Waals surface area contributed by atoms with Crippen molar-refractivity contribution >= 4 is 6.21 Å². The highest BCUT2D eigenvalue weighted by molar-refractivity contribution is 5.74. The van der Waals surface area contributed by atoms with Gasteiger partial charge in [-0.25, -0.2) is 10.0 Å². The number of benzene rings is 2. The van der Waals surface area contributed by atoms with Gasteiger partial charge in [0.1, 0.15) is 5.82 Å². The summed E-state index contributed by atoms with van der Waals surface area (Å²) in [4.78, 5) is 4.53. The van der Waals surface area contributed by atoms with Crippen molar-refractivity contribution in [1.82, 2.24) is 21.1 Å². The molecule has 1 atom stereocenters. The fourth-order valence-electron chi connectivity index (χ4n) is 3.79. The Labute approximate surface area is 172 Å². The van der Waals surface area contributed by atoms with Crippen LogP contribution in [-0.2, 0) is 5.79 Å². The molecule has 152 valence electrons. The summed E-state index contributed by atoms with van der Waals surface area (Å²) in [6, 6.07) is 16.8. The van der Waals surface area contributed by atoms with Crippen molar-refractivity contribution in [2.24, 2.45) is 10.7 Å². The average Bonchev–Trinajstić information content (AvgIpc) is 3.25. The van der Waals surface area contributed by atoms with Gasteiger partial charge in [0, 0.05) is 38.0 Å². The Kier molecular flexibility index (Phi) is 5.94. The highest BCUT2D eigenvalue weighted by Gasteiger charge is 2.28. The van der Waals surface area contributed by atoms with Crippen molar-refractivity contribution < 1.29 is 0 Å². The van der Waals surface area contributed by atoms with Crippen molar-refractivity contribution in [3.8, 4) is 11.1 Å². The molecule has 0 spiro atoms. The zero-order chi connectivity index (χ0) is 20.1. The molecular formula is C23H30N6. The predicted octanol–water partition coefficient (Wildman–Crippen LogP) is 2.44. The molecule has 4 rings (SSSR count). The summed E-state index contributed by atoms with van der Waals surface area (Å²) in [5, 5.41) is 9.10. The van der Waals surface area contributed by atoms with Crippen LogP contribution >= 0.6 is 0 Å². The molecule has 2 aromatic rings. The summed E-state index contributed by atoms with van der Waals surface area (Å²) in [5.41, 5.74) is 14.5. The zero-order valence-electron chi connectivity index (χ0n) is 17.0. The minimum Gasteiger partial charge on any atom is -0.372 e. The summed E-state index contributed by atoms with van der Waals surface area (Å²) in [7, 11) is 0. The van der Waals surface area contributed by atoms with Crippen LogP contribution in [0, 0.1) is 6.92 Å². The Morgan fingerprint density at radius 2 is 2.00 bits per heavy atom. The number of nitrogens with one attached hydrogen (secondary N) is 3. The number of aliphatic imine (C=N–C) groups is 1. The molecule has 1 fully saturated rings. The largest absolute Gasteiger partial charge is 0.372 e. The van der Waals surface area contributed by atoms with Gasteiger partial charge in [0.2, 0.25) is 5.79 Å². The topological polar surface area (TPSA) is 77.7 Å². The van der Waals surface area contributed by atoms with E-state index in [1.165, 1.54) is 17.5 Å². The van der Waals surface area contributed by atoms with Gasteiger partial charge in [-0.2, -0.15) is 0 Å². The van der Waals surface area contributed by atoms with Crippen LogP contribution < -0.4 is 21.8 Å². The van der Waals surface area contributed by atoms with Gasteiger partial charge < -0.3 is 10.6 Å². The number of aryl methyl sites for hydroxylation is 1. The lowest BCUT2D eigenvalue weighted by Crippen LogP contribution is -2.52. The molecule has 5 N–H and O–H groups in total. The van der Waals surface area contributed by atoms with Crippen LogP contribution in [0.25, 0.3) is 11.1 Å². The van der Waals surface area contributed by atoms with Crippen LogP contribution in [0.5, 0.6) is 0 Å². The van der Waals surface area contributed by atoms with E-state index in [9.17, 15) is 0 Å².